The summed E-state index contributed by atoms with van der Waals surface area (Å²) in [5, 5.41) is 10.6. The first-order valence-corrected chi connectivity index (χ1v) is 10.7. The summed E-state index contributed by atoms with van der Waals surface area (Å²) in [5.41, 5.74) is 0.746. The van der Waals surface area contributed by atoms with Gasteiger partial charge in [0.05, 0.1) is 11.7 Å². The van der Waals surface area contributed by atoms with Gasteiger partial charge in [0.1, 0.15) is 11.4 Å². The second-order valence-electron chi connectivity index (χ2n) is 9.06. The third-order valence-electron chi connectivity index (χ3n) is 5.34. The predicted octanol–water partition coefficient (Wildman–Crippen LogP) is 3.87. The first-order chi connectivity index (χ1) is 15.4. The van der Waals surface area contributed by atoms with Crippen LogP contribution in [0.1, 0.15) is 57.0 Å². The maximum atomic E-state index is 14.3. The van der Waals surface area contributed by atoms with Crippen molar-refractivity contribution in [1.82, 2.24) is 20.4 Å². The number of alkyl carbamates (subject to hydrolysis) is 1. The van der Waals surface area contributed by atoms with Crippen LogP contribution in [0.5, 0.6) is 0 Å². The molecule has 2 aromatic rings. The van der Waals surface area contributed by atoms with Gasteiger partial charge in [-0.25, -0.2) is 18.0 Å². The molecule has 1 aliphatic rings. The molecule has 0 radical (unpaired) electrons. The second-order valence-corrected chi connectivity index (χ2v) is 9.06. The van der Waals surface area contributed by atoms with Crippen molar-refractivity contribution >= 4 is 12.0 Å². The van der Waals surface area contributed by atoms with Crippen molar-refractivity contribution in [1.29, 1.82) is 0 Å². The van der Waals surface area contributed by atoms with Crippen LogP contribution in [0.25, 0.3) is 0 Å². The minimum absolute atomic E-state index is 0.161. The lowest BCUT2D eigenvalue weighted by Crippen LogP contribution is -2.46. The molecule has 1 aliphatic heterocycles. The highest BCUT2D eigenvalue weighted by Gasteiger charge is 2.31. The smallest absolute Gasteiger partial charge is 0.407 e. The third kappa shape index (κ3) is 6.21. The van der Waals surface area contributed by atoms with Crippen LogP contribution >= 0.6 is 0 Å². The van der Waals surface area contributed by atoms with Crippen LogP contribution < -0.4 is 5.32 Å². The van der Waals surface area contributed by atoms with E-state index in [4.69, 9.17) is 4.74 Å². The molecule has 0 spiro atoms. The molecule has 2 amide bonds. The normalized spacial score (nSPS) is 16.7. The number of rotatable bonds is 5. The average molecular weight is 464 g/mol. The van der Waals surface area contributed by atoms with Gasteiger partial charge in [-0.2, -0.15) is 10.2 Å². The van der Waals surface area contributed by atoms with Crippen LogP contribution in [0.15, 0.2) is 24.4 Å². The summed E-state index contributed by atoms with van der Waals surface area (Å²) < 4.78 is 46.5. The largest absolute Gasteiger partial charge is 0.444 e. The quantitative estimate of drug-likeness (QED) is 0.680. The van der Waals surface area contributed by atoms with E-state index in [9.17, 15) is 22.8 Å². The monoisotopic (exact) mass is 464 g/mol. The summed E-state index contributed by atoms with van der Waals surface area (Å²) in [6.45, 7) is 7.30. The highest BCUT2D eigenvalue weighted by Crippen LogP contribution is 2.28. The van der Waals surface area contributed by atoms with E-state index in [0.717, 1.165) is 11.6 Å². The number of carbonyl (C=O) groups is 2. The Kier molecular flexibility index (Phi) is 7.24. The molecule has 10 heteroatoms. The van der Waals surface area contributed by atoms with Gasteiger partial charge in [-0.3, -0.25) is 4.79 Å². The van der Waals surface area contributed by atoms with Crippen LogP contribution in [0, 0.1) is 17.5 Å². The number of amides is 2. The van der Waals surface area contributed by atoms with E-state index in [1.807, 2.05) is 13.0 Å². The summed E-state index contributed by atoms with van der Waals surface area (Å²) >= 11 is 0. The Morgan fingerprint density at radius 1 is 1.21 bits per heavy atom. The molecule has 2 heterocycles. The molecular weight excluding hydrogens is 437 g/mol. The van der Waals surface area contributed by atoms with Gasteiger partial charge in [0.2, 0.25) is 5.91 Å². The van der Waals surface area contributed by atoms with Crippen molar-refractivity contribution < 1.29 is 27.5 Å². The molecule has 0 saturated heterocycles. The Morgan fingerprint density at radius 3 is 2.61 bits per heavy atom. The maximum absolute atomic E-state index is 14.3. The Labute approximate surface area is 190 Å². The van der Waals surface area contributed by atoms with Crippen molar-refractivity contribution in [3.8, 4) is 0 Å². The zero-order valence-corrected chi connectivity index (χ0v) is 19.0. The van der Waals surface area contributed by atoms with E-state index in [0.29, 0.717) is 24.7 Å². The van der Waals surface area contributed by atoms with E-state index in [1.54, 1.807) is 31.9 Å². The number of carbonyl (C=O) groups excluding carboxylic acids is 2. The van der Waals surface area contributed by atoms with Crippen molar-refractivity contribution in [2.45, 2.75) is 64.6 Å². The lowest BCUT2D eigenvalue weighted by Gasteiger charge is -2.35. The van der Waals surface area contributed by atoms with Gasteiger partial charge in [0.25, 0.3) is 0 Å². The van der Waals surface area contributed by atoms with E-state index < -0.39 is 35.2 Å². The lowest BCUT2D eigenvalue weighted by atomic mass is 9.97. The van der Waals surface area contributed by atoms with Crippen molar-refractivity contribution in [2.75, 3.05) is 6.54 Å². The van der Waals surface area contributed by atoms with Gasteiger partial charge in [-0.1, -0.05) is 0 Å². The van der Waals surface area contributed by atoms with Gasteiger partial charge in [-0.05, 0) is 63.8 Å². The summed E-state index contributed by atoms with van der Waals surface area (Å²) in [6, 6.07) is 1.78. The molecule has 0 saturated carbocycles. The molecule has 1 N–H and O–H groups in total. The van der Waals surface area contributed by atoms with Crippen LogP contribution in [0.3, 0.4) is 0 Å². The fourth-order valence-corrected chi connectivity index (χ4v) is 3.82. The van der Waals surface area contributed by atoms with E-state index in [-0.39, 0.29) is 30.4 Å². The Morgan fingerprint density at radius 2 is 1.91 bits per heavy atom. The van der Waals surface area contributed by atoms with Crippen molar-refractivity contribution in [2.24, 2.45) is 0 Å². The number of aromatic nitrogens is 2. The van der Waals surface area contributed by atoms with Gasteiger partial charge in [-0.15, -0.1) is 0 Å². The van der Waals surface area contributed by atoms with E-state index in [1.165, 1.54) is 0 Å². The zero-order valence-electron chi connectivity index (χ0n) is 19.0. The number of fused-ring (bicyclic) bond motifs is 1. The fourth-order valence-electron chi connectivity index (χ4n) is 3.82. The molecule has 7 nitrogen and oxygen atoms in total. The van der Waals surface area contributed by atoms with E-state index in [2.05, 4.69) is 15.5 Å². The number of halogens is 3. The number of hydrogen-bond donors (Lipinski definition) is 1. The van der Waals surface area contributed by atoms with Crippen LogP contribution in [0.2, 0.25) is 0 Å². The summed E-state index contributed by atoms with van der Waals surface area (Å²) in [7, 11) is 0. The second kappa shape index (κ2) is 9.76. The highest BCUT2D eigenvalue weighted by molar-refractivity contribution is 5.78. The molecule has 0 aliphatic carbocycles. The van der Waals surface area contributed by atoms with Crippen molar-refractivity contribution in [3.05, 3.63) is 58.7 Å². The fraction of sp³-hybridized carbons (Fsp3) is 0.478. The van der Waals surface area contributed by atoms with Crippen molar-refractivity contribution in [3.63, 3.8) is 0 Å². The number of ether oxygens (including phenoxy) is 1. The van der Waals surface area contributed by atoms with Gasteiger partial charge < -0.3 is 15.0 Å². The molecule has 1 aromatic carbocycles. The third-order valence-corrected chi connectivity index (χ3v) is 5.34. The minimum atomic E-state index is -1.31. The molecular formula is C23H27F3N4O3. The molecule has 0 fully saturated rings. The molecule has 3 rings (SSSR count). The van der Waals surface area contributed by atoms with E-state index >= 15 is 0 Å². The number of nitrogens with one attached hydrogen (secondary N) is 1. The number of nitrogens with zero attached hydrogens (tertiary/aromatic N) is 3. The van der Waals surface area contributed by atoms with Gasteiger partial charge in [0.15, 0.2) is 11.6 Å². The highest BCUT2D eigenvalue weighted by atomic mass is 19.2. The molecule has 1 aromatic heterocycles. The van der Waals surface area contributed by atoms with Gasteiger partial charge in [0, 0.05) is 31.3 Å². The molecule has 0 bridgehead atoms. The van der Waals surface area contributed by atoms with Crippen LogP contribution in [0.4, 0.5) is 18.0 Å². The summed E-state index contributed by atoms with van der Waals surface area (Å²) in [6.07, 6.45) is 0.971. The predicted molar refractivity (Wildman–Crippen MR) is 114 cm³/mol. The SMILES string of the molecule is CC1c2nnccc2CCN1C(=O)C[C@@H](Cc1cc(F)c(F)cc1F)NC(=O)OC(C)(C)C. The topological polar surface area (TPSA) is 84.4 Å². The maximum Gasteiger partial charge on any atom is 0.407 e. The number of benzene rings is 1. The Bertz CT molecular complexity index is 1040. The number of hydrogen-bond acceptors (Lipinski definition) is 5. The Hall–Kier alpha value is -3.17. The standard InChI is InChI=1S/C23H27F3N4O3/c1-13-21-14(5-7-27-29-21)6-8-30(13)20(31)11-16(28-22(32)33-23(2,3)4)9-15-10-18(25)19(26)12-17(15)24/h5,7,10,12-13,16H,6,8-9,11H2,1-4H3,(H,28,32)/t13?,16-/m1/s1. The molecule has 2 atom stereocenters. The lowest BCUT2D eigenvalue weighted by molar-refractivity contribution is -0.134. The molecule has 1 unspecified atom stereocenters. The van der Waals surface area contributed by atoms with Gasteiger partial charge >= 0.3 is 6.09 Å². The minimum Gasteiger partial charge on any atom is -0.444 e. The molecule has 33 heavy (non-hydrogen) atoms. The average Bonchev–Trinajstić information content (AvgIpc) is 2.71. The van der Waals surface area contributed by atoms with Crippen LogP contribution in [-0.2, 0) is 22.4 Å². The van der Waals surface area contributed by atoms with Crippen LogP contribution in [-0.4, -0.2) is 45.3 Å². The zero-order chi connectivity index (χ0) is 24.3. The molecule has 178 valence electrons. The Balaban J connectivity index is 1.79. The summed E-state index contributed by atoms with van der Waals surface area (Å²) in [5.74, 6) is -3.80. The first-order valence-electron chi connectivity index (χ1n) is 10.7. The summed E-state index contributed by atoms with van der Waals surface area (Å²) in [4.78, 5) is 27.1. The first kappa shape index (κ1) is 24.5.